The predicted octanol–water partition coefficient (Wildman–Crippen LogP) is 2.23. The van der Waals surface area contributed by atoms with Crippen molar-refractivity contribution in [1.29, 1.82) is 0 Å². The highest BCUT2D eigenvalue weighted by Crippen LogP contribution is 2.32. The van der Waals surface area contributed by atoms with Crippen LogP contribution in [-0.4, -0.2) is 49.9 Å². The minimum absolute atomic E-state index is 0.0478. The van der Waals surface area contributed by atoms with Crippen molar-refractivity contribution in [3.05, 3.63) is 28.0 Å². The molecular formula is C17H23N5O2S. The summed E-state index contributed by atoms with van der Waals surface area (Å²) in [6.07, 6.45) is 4.45. The SMILES string of the molecule is CCn1ncc2c1[C@H](COCC1CC1)CN(C(=O)c1nnsc1C)C2. The Balaban J connectivity index is 1.55. The van der Waals surface area contributed by atoms with Crippen molar-refractivity contribution >= 4 is 17.4 Å². The van der Waals surface area contributed by atoms with Gasteiger partial charge in [-0.05, 0) is 44.1 Å². The van der Waals surface area contributed by atoms with E-state index < -0.39 is 0 Å². The summed E-state index contributed by atoms with van der Waals surface area (Å²) in [5.41, 5.74) is 2.80. The smallest absolute Gasteiger partial charge is 0.275 e. The molecule has 2 aromatic heterocycles. The van der Waals surface area contributed by atoms with Crippen molar-refractivity contribution in [2.45, 2.75) is 45.7 Å². The molecule has 7 nitrogen and oxygen atoms in total. The van der Waals surface area contributed by atoms with E-state index in [-0.39, 0.29) is 11.8 Å². The highest BCUT2D eigenvalue weighted by molar-refractivity contribution is 7.05. The molecule has 134 valence electrons. The van der Waals surface area contributed by atoms with E-state index in [1.54, 1.807) is 0 Å². The van der Waals surface area contributed by atoms with E-state index in [2.05, 4.69) is 21.6 Å². The average molecular weight is 361 g/mol. The molecule has 0 aromatic carbocycles. The Morgan fingerprint density at radius 1 is 1.40 bits per heavy atom. The van der Waals surface area contributed by atoms with Gasteiger partial charge in [0.05, 0.1) is 23.4 Å². The molecule has 2 aromatic rings. The zero-order chi connectivity index (χ0) is 17.4. The lowest BCUT2D eigenvalue weighted by atomic mass is 9.96. The first kappa shape index (κ1) is 16.7. The number of hydrogen-bond donors (Lipinski definition) is 0. The number of carbonyl (C=O) groups is 1. The van der Waals surface area contributed by atoms with Gasteiger partial charge >= 0.3 is 0 Å². The zero-order valence-electron chi connectivity index (χ0n) is 14.6. The van der Waals surface area contributed by atoms with Gasteiger partial charge in [-0.3, -0.25) is 9.48 Å². The Hall–Kier alpha value is -1.80. The number of nitrogens with zero attached hydrogens (tertiary/aromatic N) is 5. The largest absolute Gasteiger partial charge is 0.380 e. The zero-order valence-corrected chi connectivity index (χ0v) is 15.5. The third kappa shape index (κ3) is 3.32. The Bertz CT molecular complexity index is 767. The van der Waals surface area contributed by atoms with Gasteiger partial charge in [0, 0.05) is 37.7 Å². The number of hydrogen-bond acceptors (Lipinski definition) is 6. The Kier molecular flexibility index (Phi) is 4.56. The quantitative estimate of drug-likeness (QED) is 0.789. The molecule has 1 aliphatic carbocycles. The molecule has 0 N–H and O–H groups in total. The minimum Gasteiger partial charge on any atom is -0.380 e. The first-order chi connectivity index (χ1) is 12.2. The molecule has 1 fully saturated rings. The number of rotatable bonds is 6. The van der Waals surface area contributed by atoms with E-state index in [0.717, 1.165) is 29.5 Å². The van der Waals surface area contributed by atoms with Crippen LogP contribution < -0.4 is 0 Å². The molecule has 3 heterocycles. The van der Waals surface area contributed by atoms with E-state index in [4.69, 9.17) is 4.74 Å². The van der Waals surface area contributed by atoms with Gasteiger partial charge in [0.15, 0.2) is 5.69 Å². The van der Waals surface area contributed by atoms with Crippen LogP contribution in [0.1, 0.15) is 52.3 Å². The molecule has 0 unspecified atom stereocenters. The summed E-state index contributed by atoms with van der Waals surface area (Å²) in [6, 6.07) is 0. The molecule has 2 aliphatic rings. The van der Waals surface area contributed by atoms with Crippen LogP contribution in [0.4, 0.5) is 0 Å². The van der Waals surface area contributed by atoms with Gasteiger partial charge in [-0.25, -0.2) is 0 Å². The first-order valence-electron chi connectivity index (χ1n) is 8.88. The van der Waals surface area contributed by atoms with Crippen LogP contribution >= 0.6 is 11.5 Å². The second-order valence-corrected chi connectivity index (χ2v) is 7.87. The van der Waals surface area contributed by atoms with E-state index in [0.29, 0.717) is 25.4 Å². The fourth-order valence-corrected chi connectivity index (χ4v) is 3.89. The van der Waals surface area contributed by atoms with Crippen LogP contribution in [0.15, 0.2) is 6.20 Å². The number of aromatic nitrogens is 4. The monoisotopic (exact) mass is 361 g/mol. The van der Waals surface area contributed by atoms with Crippen LogP contribution in [-0.2, 0) is 17.8 Å². The summed E-state index contributed by atoms with van der Waals surface area (Å²) in [7, 11) is 0. The highest BCUT2D eigenvalue weighted by atomic mass is 32.1. The predicted molar refractivity (Wildman–Crippen MR) is 93.6 cm³/mol. The number of amides is 1. The van der Waals surface area contributed by atoms with E-state index in [9.17, 15) is 4.79 Å². The topological polar surface area (TPSA) is 73.1 Å². The number of ether oxygens (including phenoxy) is 1. The maximum absolute atomic E-state index is 12.9. The third-order valence-electron chi connectivity index (χ3n) is 4.96. The molecule has 8 heteroatoms. The summed E-state index contributed by atoms with van der Waals surface area (Å²) >= 11 is 1.27. The van der Waals surface area contributed by atoms with Gasteiger partial charge in [-0.1, -0.05) is 4.49 Å². The molecule has 4 rings (SSSR count). The van der Waals surface area contributed by atoms with Crippen molar-refractivity contribution in [3.63, 3.8) is 0 Å². The molecule has 1 aliphatic heterocycles. The third-order valence-corrected chi connectivity index (χ3v) is 5.59. The minimum atomic E-state index is -0.0478. The average Bonchev–Trinajstić information content (AvgIpc) is 3.18. The molecule has 0 bridgehead atoms. The fraction of sp³-hybridized carbons (Fsp3) is 0.647. The second kappa shape index (κ2) is 6.84. The van der Waals surface area contributed by atoms with Crippen LogP contribution in [0.2, 0.25) is 0 Å². The number of aryl methyl sites for hydroxylation is 2. The molecule has 0 radical (unpaired) electrons. The maximum Gasteiger partial charge on any atom is 0.275 e. The molecule has 25 heavy (non-hydrogen) atoms. The summed E-state index contributed by atoms with van der Waals surface area (Å²) < 4.78 is 11.9. The lowest BCUT2D eigenvalue weighted by molar-refractivity contribution is 0.0614. The molecule has 0 spiro atoms. The number of carbonyl (C=O) groups excluding carboxylic acids is 1. The van der Waals surface area contributed by atoms with Gasteiger partial charge in [0.2, 0.25) is 0 Å². The van der Waals surface area contributed by atoms with Crippen molar-refractivity contribution < 1.29 is 9.53 Å². The lowest BCUT2D eigenvalue weighted by Crippen LogP contribution is -2.40. The van der Waals surface area contributed by atoms with Gasteiger partial charge in [0.1, 0.15) is 0 Å². The van der Waals surface area contributed by atoms with Crippen molar-refractivity contribution in [1.82, 2.24) is 24.3 Å². The Morgan fingerprint density at radius 2 is 2.24 bits per heavy atom. The normalized spacial score (nSPS) is 19.9. The van der Waals surface area contributed by atoms with Gasteiger partial charge in [-0.15, -0.1) is 5.10 Å². The lowest BCUT2D eigenvalue weighted by Gasteiger charge is -2.33. The second-order valence-electron chi connectivity index (χ2n) is 6.91. The summed E-state index contributed by atoms with van der Waals surface area (Å²) in [5.74, 6) is 0.842. The van der Waals surface area contributed by atoms with E-state index in [1.807, 2.05) is 22.7 Å². The molecular weight excluding hydrogens is 338 g/mol. The summed E-state index contributed by atoms with van der Waals surface area (Å²) in [6.45, 7) is 7.49. The van der Waals surface area contributed by atoms with Crippen LogP contribution in [0, 0.1) is 12.8 Å². The van der Waals surface area contributed by atoms with Crippen LogP contribution in [0.5, 0.6) is 0 Å². The fourth-order valence-electron chi connectivity index (χ4n) is 3.43. The van der Waals surface area contributed by atoms with Crippen molar-refractivity contribution in [3.8, 4) is 0 Å². The van der Waals surface area contributed by atoms with E-state index >= 15 is 0 Å². The van der Waals surface area contributed by atoms with E-state index in [1.165, 1.54) is 30.1 Å². The molecule has 1 amide bonds. The molecule has 1 saturated carbocycles. The standard InChI is InChI=1S/C17H23N5O2S/c1-3-22-16-13(6-18-22)7-21(17(23)15-11(2)25-20-19-15)8-14(16)10-24-9-12-4-5-12/h6,12,14H,3-5,7-10H2,1-2H3/t14-/m0/s1. The van der Waals surface area contributed by atoms with Crippen LogP contribution in [0.3, 0.4) is 0 Å². The summed E-state index contributed by atoms with van der Waals surface area (Å²) in [5, 5.41) is 8.51. The first-order valence-corrected chi connectivity index (χ1v) is 9.65. The Morgan fingerprint density at radius 3 is 2.92 bits per heavy atom. The Labute approximate surface area is 151 Å². The van der Waals surface area contributed by atoms with Crippen LogP contribution in [0.25, 0.3) is 0 Å². The highest BCUT2D eigenvalue weighted by Gasteiger charge is 2.33. The van der Waals surface area contributed by atoms with Gasteiger partial charge < -0.3 is 9.64 Å². The van der Waals surface area contributed by atoms with Crippen molar-refractivity contribution in [2.75, 3.05) is 19.8 Å². The molecule has 0 saturated heterocycles. The molecule has 1 atom stereocenters. The van der Waals surface area contributed by atoms with Gasteiger partial charge in [0.25, 0.3) is 5.91 Å². The maximum atomic E-state index is 12.9. The van der Waals surface area contributed by atoms with Gasteiger partial charge in [-0.2, -0.15) is 5.10 Å². The summed E-state index contributed by atoms with van der Waals surface area (Å²) in [4.78, 5) is 15.6. The van der Waals surface area contributed by atoms with Crippen molar-refractivity contribution in [2.24, 2.45) is 5.92 Å². The number of fused-ring (bicyclic) bond motifs is 1.